The Morgan fingerprint density at radius 1 is 0.495 bits per heavy atom. The second-order valence-corrected chi connectivity index (χ2v) is 28.9. The maximum atomic E-state index is 12.6. The number of nitrogens with zero attached hydrogens (tertiary/aromatic N) is 10. The molecular formula is C74H121CrN13O17S2. The predicted octanol–water partition coefficient (Wildman–Crippen LogP) is 11.8. The molecule has 1 aliphatic carbocycles. The molecular weight excluding hydrogens is 1460 g/mol. The average molecular weight is 1580 g/mol. The van der Waals surface area contributed by atoms with E-state index in [1.54, 1.807) is 0 Å². The molecule has 0 aliphatic heterocycles. The van der Waals surface area contributed by atoms with Crippen molar-refractivity contribution in [3.63, 3.8) is 0 Å². The van der Waals surface area contributed by atoms with Crippen LogP contribution in [0.25, 0.3) is 11.4 Å². The number of nitro benzene ring substituents is 1. The van der Waals surface area contributed by atoms with Crippen molar-refractivity contribution >= 4 is 43.0 Å². The Morgan fingerprint density at radius 2 is 0.850 bits per heavy atom. The van der Waals surface area contributed by atoms with Crippen LogP contribution in [0, 0.1) is 34.1 Å². The molecule has 3 aromatic carbocycles. The number of aliphatic hydroxyl groups excluding tert-OH is 4. The van der Waals surface area contributed by atoms with Gasteiger partial charge in [-0.05, 0) is 119 Å². The minimum atomic E-state index is -4.63. The van der Waals surface area contributed by atoms with Crippen molar-refractivity contribution < 1.29 is 105 Å². The predicted molar refractivity (Wildman–Crippen MR) is 403 cm³/mol. The summed E-state index contributed by atoms with van der Waals surface area (Å²) in [5.41, 5.74) is 0.103. The largest absolute Gasteiger partial charge is 0.857 e. The van der Waals surface area contributed by atoms with Crippen LogP contribution in [-0.4, -0.2) is 151 Å². The van der Waals surface area contributed by atoms with Gasteiger partial charge in [0.15, 0.2) is 5.69 Å². The Labute approximate surface area is 643 Å². The molecule has 5 aromatic rings. The maximum absolute atomic E-state index is 12.6. The van der Waals surface area contributed by atoms with Crippen molar-refractivity contribution in [2.45, 2.75) is 249 Å². The molecule has 1 atom stereocenters. The van der Waals surface area contributed by atoms with Crippen molar-refractivity contribution in [3.05, 3.63) is 122 Å². The summed E-state index contributed by atoms with van der Waals surface area (Å²) >= 11 is 0. The number of hydrogen-bond acceptors (Lipinski definition) is 23. The molecule has 0 saturated heterocycles. The number of benzene rings is 3. The summed E-state index contributed by atoms with van der Waals surface area (Å²) in [6, 6.07) is 11.4. The van der Waals surface area contributed by atoms with Crippen LogP contribution in [-0.2, 0) is 37.6 Å². The third-order valence-corrected chi connectivity index (χ3v) is 18.9. The molecule has 0 bridgehead atoms. The maximum Gasteiger partial charge on any atom is 0.271 e. The van der Waals surface area contributed by atoms with Gasteiger partial charge in [0.25, 0.3) is 5.69 Å². The van der Waals surface area contributed by atoms with Gasteiger partial charge < -0.3 is 60.8 Å². The van der Waals surface area contributed by atoms with Gasteiger partial charge in [0.1, 0.15) is 48.8 Å². The van der Waals surface area contributed by atoms with Crippen LogP contribution >= 0.6 is 0 Å². The van der Waals surface area contributed by atoms with Gasteiger partial charge >= 0.3 is 0 Å². The van der Waals surface area contributed by atoms with Crippen molar-refractivity contribution in [2.24, 2.45) is 20.5 Å². The smallest absolute Gasteiger partial charge is 0.271 e. The molecule has 1 aliphatic rings. The number of azo groups is 2. The molecule has 0 saturated carbocycles. The number of allylic oxidation sites excluding steroid dienone is 1. The summed E-state index contributed by atoms with van der Waals surface area (Å²) in [6.45, 7) is 17.0. The van der Waals surface area contributed by atoms with Gasteiger partial charge in [-0.25, -0.2) is 21.5 Å². The van der Waals surface area contributed by atoms with Gasteiger partial charge in [0.05, 0.1) is 103 Å². The normalized spacial score (nSPS) is 12.7. The monoisotopic (exact) mass is 1580 g/mol. The van der Waals surface area contributed by atoms with Crippen LogP contribution in [0.15, 0.2) is 121 Å². The van der Waals surface area contributed by atoms with E-state index >= 15 is 0 Å². The van der Waals surface area contributed by atoms with E-state index in [0.717, 1.165) is 77.5 Å². The molecule has 33 heteroatoms. The van der Waals surface area contributed by atoms with Crippen LogP contribution in [0.4, 0.5) is 22.7 Å². The second-order valence-electron chi connectivity index (χ2n) is 26.1. The standard InChI is InChI=1S/C16H15N5O7S.C16H13N5O7S.3C14H31NO.Cr/c2*1-9-15(18-17-13-8-11(21(24)25)4-7-14(13)22)16(23)20(19-9)10-2-5-12(6-3-10)29(26,27)28;3*1-2-3-4-5-6-7-8-9-10-11-12-15-13-14-16;/h2-7,11,22-23H,8H2,1H3,(H,26,27,28);2-8,22-23H,1H3,(H,26,27,28);3*15-16H,2-14H2,1H3;. The number of aryl methyl sites for hydroxylation is 2. The third kappa shape index (κ3) is 42.4. The Hall–Kier alpha value is -7.13. The first-order chi connectivity index (χ1) is 50.9. The fourth-order valence-corrected chi connectivity index (χ4v) is 11.9. The molecule has 107 heavy (non-hydrogen) atoms. The summed E-state index contributed by atoms with van der Waals surface area (Å²) < 4.78 is 68.0. The number of phenolic OH excluding ortho intramolecular Hbond substituents is 1. The first-order valence-corrected chi connectivity index (χ1v) is 40.7. The molecule has 0 fully saturated rings. The van der Waals surface area contributed by atoms with Crippen LogP contribution < -0.4 is 21.1 Å². The number of unbranched alkanes of at least 4 members (excludes halogenated alkanes) is 27. The summed E-state index contributed by atoms with van der Waals surface area (Å²) in [5.74, 6) is -1.77. The summed E-state index contributed by atoms with van der Waals surface area (Å²) in [4.78, 5) is 19.6. The van der Waals surface area contributed by atoms with Crippen LogP contribution in [0.2, 0.25) is 0 Å². The summed E-state index contributed by atoms with van der Waals surface area (Å²) in [5, 5.41) is 120. The number of quaternary nitrogens is 3. The van der Waals surface area contributed by atoms with Gasteiger partial charge in [0.2, 0.25) is 11.9 Å². The van der Waals surface area contributed by atoms with Gasteiger partial charge in [0, 0.05) is 40.3 Å². The van der Waals surface area contributed by atoms with E-state index in [0.29, 0.717) is 19.8 Å². The van der Waals surface area contributed by atoms with E-state index in [1.165, 1.54) is 256 Å². The molecule has 1 unspecified atom stereocenters. The molecule has 0 amide bonds. The van der Waals surface area contributed by atoms with E-state index in [-0.39, 0.29) is 86.5 Å². The van der Waals surface area contributed by atoms with E-state index in [9.17, 15) is 66.6 Å². The van der Waals surface area contributed by atoms with Crippen LogP contribution in [0.3, 0.4) is 0 Å². The van der Waals surface area contributed by atoms with Crippen molar-refractivity contribution in [1.29, 1.82) is 0 Å². The second kappa shape index (κ2) is 58.8. The minimum absolute atomic E-state index is 0. The van der Waals surface area contributed by atoms with Gasteiger partial charge in [-0.1, -0.05) is 175 Å². The quantitative estimate of drug-likeness (QED) is 0.00574. The molecule has 12 N–H and O–H groups in total. The van der Waals surface area contributed by atoms with E-state index < -0.39 is 57.7 Å². The van der Waals surface area contributed by atoms with E-state index in [1.807, 2.05) is 0 Å². The summed E-state index contributed by atoms with van der Waals surface area (Å²) in [6.07, 6.45) is 44.3. The number of aliphatic hydroxyl groups is 4. The van der Waals surface area contributed by atoms with Crippen molar-refractivity contribution in [1.82, 2.24) is 19.6 Å². The molecule has 602 valence electrons. The number of rotatable bonds is 49. The number of nitro groups is 2. The van der Waals surface area contributed by atoms with Crippen molar-refractivity contribution in [3.8, 4) is 28.9 Å². The number of hydrogen-bond donors (Lipinski definition) is 9. The number of nitrogens with two attached hydrogens (primary N) is 3. The molecule has 6 rings (SSSR count). The number of aromatic hydroxyl groups is 2. The van der Waals surface area contributed by atoms with Gasteiger partial charge in [-0.15, -0.1) is 15.3 Å². The molecule has 0 spiro atoms. The zero-order valence-corrected chi connectivity index (χ0v) is 66.4. The third-order valence-electron chi connectivity index (χ3n) is 17.2. The fourth-order valence-electron chi connectivity index (χ4n) is 11.0. The molecule has 2 heterocycles. The number of phenols is 1. The van der Waals surface area contributed by atoms with Gasteiger partial charge in [-0.2, -0.15) is 20.0 Å². The summed E-state index contributed by atoms with van der Waals surface area (Å²) in [7, 11) is -9.24. The molecule has 2 aromatic heterocycles. The average Bonchev–Trinajstić information content (AvgIpc) is 1.66. The first kappa shape index (κ1) is 97.9. The van der Waals surface area contributed by atoms with Crippen LogP contribution in [0.1, 0.15) is 231 Å². The molecule has 30 nitrogen and oxygen atoms in total. The Balaban J connectivity index is 0.000000690. The van der Waals surface area contributed by atoms with Gasteiger partial charge in [-0.3, -0.25) is 20.2 Å². The Morgan fingerprint density at radius 3 is 1.21 bits per heavy atom. The SMILES string of the molecule is CCCCCCCCCCCC[NH2+]CCO.CCCCCCCCCCCC[NH2+]CCO.CCCCCCCCCCCC[NH2+]CCO.Cc1nn(-c2ccc(S(=O)(=O)[O-])cc2)c(O)c1N=Nc1cc([N+](=O)[O-])ccc1O.Cc1nn(-c2ccc(S(=O)(=O)[O-])cc2)c([O-])c1N=NC1=C(O)C=CC([N+](=O)[O-])C1.[Cr]. The Bertz CT molecular complexity index is 3490. The zero-order valence-electron chi connectivity index (χ0n) is 63.5. The number of non-ortho nitro benzene ring substituents is 1. The number of aromatic nitrogens is 4. The fraction of sp³-hybridized carbons (Fsp3) is 0.622. The van der Waals surface area contributed by atoms with E-state index in [4.69, 9.17) is 15.3 Å². The Kier molecular flexibility index (Phi) is 53.8. The minimum Gasteiger partial charge on any atom is -0.857 e. The van der Waals surface area contributed by atoms with Crippen molar-refractivity contribution in [2.75, 3.05) is 59.1 Å². The first-order valence-electron chi connectivity index (χ1n) is 37.9. The zero-order chi connectivity index (χ0) is 78.4. The topological polar surface area (TPSA) is 480 Å². The molecule has 0 radical (unpaired) electrons. The van der Waals surface area contributed by atoms with Crippen LogP contribution in [0.5, 0.6) is 17.5 Å². The van der Waals surface area contributed by atoms with E-state index in [2.05, 4.69) is 67.4 Å².